The molecule has 1 aliphatic heterocycles. The van der Waals surface area contributed by atoms with E-state index in [1.807, 2.05) is 56.3 Å². The lowest BCUT2D eigenvalue weighted by atomic mass is 9.97. The summed E-state index contributed by atoms with van der Waals surface area (Å²) in [6, 6.07) is 17.9. The summed E-state index contributed by atoms with van der Waals surface area (Å²) >= 11 is 0. The van der Waals surface area contributed by atoms with Crippen molar-refractivity contribution in [2.45, 2.75) is 20.4 Å². The van der Waals surface area contributed by atoms with Gasteiger partial charge in [-0.05, 0) is 42.7 Å². The normalized spacial score (nSPS) is 13.8. The topological polar surface area (TPSA) is 40.6 Å². The van der Waals surface area contributed by atoms with Crippen LogP contribution in [-0.2, 0) is 16.1 Å². The Morgan fingerprint density at radius 1 is 0.875 bits per heavy atom. The first-order valence-electron chi connectivity index (χ1n) is 10.2. The number of hydrogen-bond donors (Lipinski definition) is 0. The van der Waals surface area contributed by atoms with Gasteiger partial charge in [0.2, 0.25) is 0 Å². The average molecular weight is 432 g/mol. The van der Waals surface area contributed by atoms with E-state index in [1.54, 1.807) is 18.0 Å². The number of halogens is 2. The van der Waals surface area contributed by atoms with E-state index in [0.717, 1.165) is 33.7 Å². The summed E-state index contributed by atoms with van der Waals surface area (Å²) in [5.41, 5.74) is 3.51. The number of carbonyl (C=O) groups excluding carboxylic acids is 2. The molecule has 0 atom stereocenters. The van der Waals surface area contributed by atoms with Crippen molar-refractivity contribution < 1.29 is 18.4 Å². The summed E-state index contributed by atoms with van der Waals surface area (Å²) in [7, 11) is 1.72. The lowest BCUT2D eigenvalue weighted by Gasteiger charge is -2.22. The molecule has 0 N–H and O–H groups in total. The molecule has 0 aliphatic carbocycles. The predicted molar refractivity (Wildman–Crippen MR) is 120 cm³/mol. The SMILES string of the molecule is Cc1ccc(C2=C(N(C)Cc3ccccc3)C(=O)N(c3ccc(F)cc3F)C2=O)c(C)c1. The number of rotatable bonds is 5. The molecule has 32 heavy (non-hydrogen) atoms. The zero-order valence-corrected chi connectivity index (χ0v) is 18.0. The number of carbonyl (C=O) groups is 2. The van der Waals surface area contributed by atoms with Crippen LogP contribution < -0.4 is 4.90 Å². The Balaban J connectivity index is 1.85. The van der Waals surface area contributed by atoms with Crippen molar-refractivity contribution in [1.29, 1.82) is 0 Å². The van der Waals surface area contributed by atoms with Gasteiger partial charge in [0.25, 0.3) is 11.8 Å². The van der Waals surface area contributed by atoms with Gasteiger partial charge in [-0.1, -0.05) is 54.1 Å². The van der Waals surface area contributed by atoms with Gasteiger partial charge in [0.05, 0.1) is 11.3 Å². The van der Waals surface area contributed by atoms with Crippen LogP contribution in [0, 0.1) is 25.5 Å². The van der Waals surface area contributed by atoms with Gasteiger partial charge in [0.15, 0.2) is 0 Å². The molecule has 4 nitrogen and oxygen atoms in total. The number of imide groups is 1. The van der Waals surface area contributed by atoms with E-state index < -0.39 is 23.4 Å². The van der Waals surface area contributed by atoms with Gasteiger partial charge in [0, 0.05) is 19.7 Å². The van der Waals surface area contributed by atoms with Gasteiger partial charge in [-0.15, -0.1) is 0 Å². The number of benzene rings is 3. The number of likely N-dealkylation sites (N-methyl/N-ethyl adjacent to an activating group) is 1. The Morgan fingerprint density at radius 2 is 1.59 bits per heavy atom. The molecule has 0 aromatic heterocycles. The number of nitrogens with zero attached hydrogens (tertiary/aromatic N) is 2. The fourth-order valence-corrected chi connectivity index (χ4v) is 4.03. The maximum absolute atomic E-state index is 14.6. The van der Waals surface area contributed by atoms with Gasteiger partial charge in [0.1, 0.15) is 17.3 Å². The maximum Gasteiger partial charge on any atom is 0.282 e. The largest absolute Gasteiger partial charge is 0.365 e. The van der Waals surface area contributed by atoms with Crippen molar-refractivity contribution in [1.82, 2.24) is 4.90 Å². The Morgan fingerprint density at radius 3 is 2.25 bits per heavy atom. The van der Waals surface area contributed by atoms with E-state index in [1.165, 1.54) is 0 Å². The molecule has 0 fully saturated rings. The van der Waals surface area contributed by atoms with Crippen LogP contribution in [0.3, 0.4) is 0 Å². The second kappa shape index (κ2) is 8.38. The summed E-state index contributed by atoms with van der Waals surface area (Å²) in [6.45, 7) is 4.18. The average Bonchev–Trinajstić information content (AvgIpc) is 2.99. The molecule has 3 aromatic carbocycles. The lowest BCUT2D eigenvalue weighted by Crippen LogP contribution is -2.34. The third kappa shape index (κ3) is 3.80. The molecule has 4 rings (SSSR count). The Labute approximate surface area is 185 Å². The molecule has 2 amide bonds. The van der Waals surface area contributed by atoms with Crippen LogP contribution in [0.15, 0.2) is 72.4 Å². The third-order valence-corrected chi connectivity index (χ3v) is 5.51. The van der Waals surface area contributed by atoms with Gasteiger partial charge in [-0.3, -0.25) is 9.59 Å². The van der Waals surface area contributed by atoms with Crippen molar-refractivity contribution in [2.75, 3.05) is 11.9 Å². The molecule has 0 saturated carbocycles. The summed E-state index contributed by atoms with van der Waals surface area (Å²) in [6.07, 6.45) is 0. The van der Waals surface area contributed by atoms with Crippen molar-refractivity contribution >= 4 is 23.1 Å². The molecule has 0 spiro atoms. The quantitative estimate of drug-likeness (QED) is 0.533. The number of aryl methyl sites for hydroxylation is 2. The van der Waals surface area contributed by atoms with E-state index in [4.69, 9.17) is 0 Å². The van der Waals surface area contributed by atoms with E-state index in [2.05, 4.69) is 0 Å². The van der Waals surface area contributed by atoms with E-state index in [9.17, 15) is 18.4 Å². The molecular weight excluding hydrogens is 410 g/mol. The first-order chi connectivity index (χ1) is 15.3. The second-order valence-electron chi connectivity index (χ2n) is 7.93. The fraction of sp³-hybridized carbons (Fsp3) is 0.154. The van der Waals surface area contributed by atoms with Crippen molar-refractivity contribution in [2.24, 2.45) is 0 Å². The van der Waals surface area contributed by atoms with Crippen LogP contribution >= 0.6 is 0 Å². The fourth-order valence-electron chi connectivity index (χ4n) is 4.03. The van der Waals surface area contributed by atoms with E-state index in [-0.39, 0.29) is 17.0 Å². The minimum absolute atomic E-state index is 0.175. The molecule has 3 aromatic rings. The van der Waals surface area contributed by atoms with Crippen molar-refractivity contribution in [3.05, 3.63) is 106 Å². The highest BCUT2D eigenvalue weighted by atomic mass is 19.1. The van der Waals surface area contributed by atoms with Crippen molar-refractivity contribution in [3.8, 4) is 0 Å². The first-order valence-corrected chi connectivity index (χ1v) is 10.2. The smallest absolute Gasteiger partial charge is 0.282 e. The van der Waals surface area contributed by atoms with Gasteiger partial charge in [-0.25, -0.2) is 13.7 Å². The van der Waals surface area contributed by atoms with Crippen LogP contribution in [0.4, 0.5) is 14.5 Å². The lowest BCUT2D eigenvalue weighted by molar-refractivity contribution is -0.120. The summed E-state index contributed by atoms with van der Waals surface area (Å²) < 4.78 is 28.0. The Kier molecular flexibility index (Phi) is 5.61. The first kappa shape index (κ1) is 21.4. The molecule has 162 valence electrons. The minimum atomic E-state index is -0.973. The molecule has 1 aliphatic rings. The highest BCUT2D eigenvalue weighted by molar-refractivity contribution is 6.45. The zero-order valence-electron chi connectivity index (χ0n) is 18.0. The molecule has 6 heteroatoms. The molecule has 0 unspecified atom stereocenters. The van der Waals surface area contributed by atoms with Crippen LogP contribution in [0.2, 0.25) is 0 Å². The van der Waals surface area contributed by atoms with Gasteiger partial charge < -0.3 is 4.90 Å². The predicted octanol–water partition coefficient (Wildman–Crippen LogP) is 5.00. The zero-order chi connectivity index (χ0) is 23.0. The van der Waals surface area contributed by atoms with Crippen LogP contribution in [0.5, 0.6) is 0 Å². The number of anilines is 1. The standard InChI is InChI=1S/C26H22F2N2O2/c1-16-9-11-20(17(2)13-16)23-24(29(3)15-18-7-5-4-6-8-18)26(32)30(25(23)31)22-12-10-19(27)14-21(22)28/h4-14H,15H2,1-3H3. The summed E-state index contributed by atoms with van der Waals surface area (Å²) in [5, 5.41) is 0. The highest BCUT2D eigenvalue weighted by Gasteiger charge is 2.43. The van der Waals surface area contributed by atoms with Crippen molar-refractivity contribution in [3.63, 3.8) is 0 Å². The van der Waals surface area contributed by atoms with Crippen LogP contribution in [0.1, 0.15) is 22.3 Å². The minimum Gasteiger partial charge on any atom is -0.365 e. The second-order valence-corrected chi connectivity index (χ2v) is 7.93. The van der Waals surface area contributed by atoms with E-state index >= 15 is 0 Å². The Bertz CT molecular complexity index is 1250. The van der Waals surface area contributed by atoms with Crippen LogP contribution in [0.25, 0.3) is 5.57 Å². The highest BCUT2D eigenvalue weighted by Crippen LogP contribution is 2.37. The molecular formula is C26H22F2N2O2. The summed E-state index contributed by atoms with van der Waals surface area (Å²) in [5.74, 6) is -3.04. The molecule has 0 saturated heterocycles. The summed E-state index contributed by atoms with van der Waals surface area (Å²) in [4.78, 5) is 29.5. The molecule has 0 bridgehead atoms. The number of hydrogen-bond acceptors (Lipinski definition) is 3. The maximum atomic E-state index is 14.6. The van der Waals surface area contributed by atoms with Gasteiger partial charge >= 0.3 is 0 Å². The van der Waals surface area contributed by atoms with Crippen LogP contribution in [-0.4, -0.2) is 23.8 Å². The molecule has 1 heterocycles. The number of amides is 2. The Hall–Kier alpha value is -3.80. The van der Waals surface area contributed by atoms with E-state index in [0.29, 0.717) is 18.2 Å². The monoisotopic (exact) mass is 432 g/mol. The molecule has 0 radical (unpaired) electrons. The van der Waals surface area contributed by atoms with Gasteiger partial charge in [-0.2, -0.15) is 0 Å². The third-order valence-electron chi connectivity index (χ3n) is 5.51.